The molecule has 1 N–H and O–H groups in total. The van der Waals surface area contributed by atoms with Crippen LogP contribution < -0.4 is 4.74 Å². The van der Waals surface area contributed by atoms with Gasteiger partial charge in [-0.3, -0.25) is 0 Å². The highest BCUT2D eigenvalue weighted by atomic mass is 32.1. The van der Waals surface area contributed by atoms with Crippen molar-refractivity contribution in [3.63, 3.8) is 0 Å². The van der Waals surface area contributed by atoms with E-state index in [-0.39, 0.29) is 5.56 Å². The average molecular weight is 299 g/mol. The summed E-state index contributed by atoms with van der Waals surface area (Å²) in [5.41, 5.74) is 1.57. The van der Waals surface area contributed by atoms with Crippen molar-refractivity contribution in [2.75, 3.05) is 6.61 Å². The third-order valence-corrected chi connectivity index (χ3v) is 3.99. The van der Waals surface area contributed by atoms with Crippen LogP contribution in [0.1, 0.15) is 17.3 Å². The van der Waals surface area contributed by atoms with Gasteiger partial charge >= 0.3 is 5.97 Å². The van der Waals surface area contributed by atoms with Gasteiger partial charge in [0.1, 0.15) is 5.75 Å². The topological polar surface area (TPSA) is 59.4 Å². The maximum absolute atomic E-state index is 11.5. The minimum Gasteiger partial charge on any atom is -0.494 e. The minimum absolute atomic E-state index is 0.241. The van der Waals surface area contributed by atoms with Crippen LogP contribution in [0.15, 0.2) is 41.8 Å². The van der Waals surface area contributed by atoms with E-state index >= 15 is 0 Å². The van der Waals surface area contributed by atoms with Gasteiger partial charge in [-0.25, -0.2) is 9.78 Å². The van der Waals surface area contributed by atoms with E-state index in [1.165, 1.54) is 11.3 Å². The highest BCUT2D eigenvalue weighted by Gasteiger charge is 2.14. The van der Waals surface area contributed by atoms with E-state index in [2.05, 4.69) is 4.98 Å². The molecule has 3 aromatic rings. The summed E-state index contributed by atoms with van der Waals surface area (Å²) in [4.78, 5) is 17.0. The van der Waals surface area contributed by atoms with Crippen molar-refractivity contribution >= 4 is 28.2 Å². The van der Waals surface area contributed by atoms with E-state index in [9.17, 15) is 9.90 Å². The molecule has 0 saturated heterocycles. The number of aromatic carboxylic acids is 1. The number of thiophene rings is 1. The maximum atomic E-state index is 11.5. The number of ether oxygens (including phenoxy) is 1. The second kappa shape index (κ2) is 5.54. The number of carboxylic acid groups (broad SMARTS) is 1. The lowest BCUT2D eigenvalue weighted by Gasteiger charge is -2.08. The molecule has 0 radical (unpaired) electrons. The molecule has 0 aliphatic rings. The summed E-state index contributed by atoms with van der Waals surface area (Å²) in [6.07, 6.45) is 0. The van der Waals surface area contributed by atoms with Crippen LogP contribution in [0, 0.1) is 0 Å². The number of nitrogens with zero attached hydrogens (tertiary/aromatic N) is 1. The van der Waals surface area contributed by atoms with Crippen LogP contribution in [0.4, 0.5) is 0 Å². The number of aromatic nitrogens is 1. The number of rotatable bonds is 4. The zero-order chi connectivity index (χ0) is 14.8. The molecule has 1 aromatic carbocycles. The summed E-state index contributed by atoms with van der Waals surface area (Å²) < 4.78 is 5.43. The molecule has 0 saturated carbocycles. The van der Waals surface area contributed by atoms with E-state index in [1.54, 1.807) is 18.2 Å². The van der Waals surface area contributed by atoms with Crippen molar-refractivity contribution in [1.29, 1.82) is 0 Å². The largest absolute Gasteiger partial charge is 0.494 e. The van der Waals surface area contributed by atoms with Crippen molar-refractivity contribution in [2.24, 2.45) is 0 Å². The molecule has 0 fully saturated rings. The van der Waals surface area contributed by atoms with Crippen molar-refractivity contribution in [3.8, 4) is 16.3 Å². The van der Waals surface area contributed by atoms with Gasteiger partial charge in [0.05, 0.1) is 28.3 Å². The first kappa shape index (κ1) is 13.6. The predicted octanol–water partition coefficient (Wildman–Crippen LogP) is 4.06. The normalized spacial score (nSPS) is 10.7. The molecule has 4 nitrogen and oxygen atoms in total. The molecule has 0 aliphatic heterocycles. The Hall–Kier alpha value is -2.40. The van der Waals surface area contributed by atoms with Crippen molar-refractivity contribution in [1.82, 2.24) is 4.98 Å². The zero-order valence-electron chi connectivity index (χ0n) is 11.4. The molecule has 0 unspecified atom stereocenters. The number of hydrogen-bond acceptors (Lipinski definition) is 4. The Bertz CT molecular complexity index is 797. The van der Waals surface area contributed by atoms with Crippen LogP contribution >= 0.6 is 11.3 Å². The Labute approximate surface area is 125 Å². The molecule has 0 atom stereocenters. The summed E-state index contributed by atoms with van der Waals surface area (Å²) >= 11 is 1.54. The summed E-state index contributed by atoms with van der Waals surface area (Å²) in [5, 5.41) is 12.0. The second-order valence-electron chi connectivity index (χ2n) is 4.45. The van der Waals surface area contributed by atoms with E-state index < -0.39 is 5.97 Å². The van der Waals surface area contributed by atoms with Gasteiger partial charge in [0.2, 0.25) is 0 Å². The molecule has 21 heavy (non-hydrogen) atoms. The molecular formula is C16H13NO3S. The molecule has 2 aromatic heterocycles. The monoisotopic (exact) mass is 299 g/mol. The fraction of sp³-hybridized carbons (Fsp3) is 0.125. The summed E-state index contributed by atoms with van der Waals surface area (Å²) in [6.45, 7) is 2.43. The fourth-order valence-corrected chi connectivity index (χ4v) is 2.88. The van der Waals surface area contributed by atoms with Crippen molar-refractivity contribution in [3.05, 3.63) is 47.3 Å². The molecule has 3 rings (SSSR count). The number of hydrogen-bond donors (Lipinski definition) is 1. The van der Waals surface area contributed by atoms with Crippen molar-refractivity contribution in [2.45, 2.75) is 6.92 Å². The molecule has 0 amide bonds. The van der Waals surface area contributed by atoms with Gasteiger partial charge in [0.15, 0.2) is 0 Å². The smallest absolute Gasteiger partial charge is 0.336 e. The van der Waals surface area contributed by atoms with Gasteiger partial charge < -0.3 is 9.84 Å². The van der Waals surface area contributed by atoms with E-state index in [0.717, 1.165) is 4.88 Å². The molecule has 2 heterocycles. The quantitative estimate of drug-likeness (QED) is 0.789. The molecule has 5 heteroatoms. The molecular weight excluding hydrogens is 286 g/mol. The van der Waals surface area contributed by atoms with Gasteiger partial charge in [0, 0.05) is 5.39 Å². The molecule has 106 valence electrons. The van der Waals surface area contributed by atoms with Crippen LogP contribution in [0.5, 0.6) is 5.75 Å². The highest BCUT2D eigenvalue weighted by Crippen LogP contribution is 2.29. The van der Waals surface area contributed by atoms with Gasteiger partial charge in [0.25, 0.3) is 0 Å². The molecule has 0 spiro atoms. The third-order valence-electron chi connectivity index (χ3n) is 3.10. The number of fused-ring (bicyclic) bond motifs is 1. The lowest BCUT2D eigenvalue weighted by molar-refractivity contribution is 0.0699. The highest BCUT2D eigenvalue weighted by molar-refractivity contribution is 7.13. The van der Waals surface area contributed by atoms with E-state index in [4.69, 9.17) is 4.74 Å². The van der Waals surface area contributed by atoms with Gasteiger partial charge in [-0.05, 0) is 42.6 Å². The van der Waals surface area contributed by atoms with E-state index in [0.29, 0.717) is 29.0 Å². The lowest BCUT2D eigenvalue weighted by atomic mass is 10.1. The van der Waals surface area contributed by atoms with Crippen molar-refractivity contribution < 1.29 is 14.6 Å². The predicted molar refractivity (Wildman–Crippen MR) is 83.2 cm³/mol. The first-order chi connectivity index (χ1) is 10.2. The Morgan fingerprint density at radius 1 is 1.33 bits per heavy atom. The second-order valence-corrected chi connectivity index (χ2v) is 5.40. The maximum Gasteiger partial charge on any atom is 0.336 e. The van der Waals surface area contributed by atoms with E-state index in [1.807, 2.05) is 30.5 Å². The lowest BCUT2D eigenvalue weighted by Crippen LogP contribution is -2.00. The summed E-state index contributed by atoms with van der Waals surface area (Å²) in [7, 11) is 0. The number of pyridine rings is 1. The van der Waals surface area contributed by atoms with Crippen LogP contribution in [0.3, 0.4) is 0 Å². The number of carboxylic acids is 1. The summed E-state index contributed by atoms with van der Waals surface area (Å²) in [6, 6.07) is 10.8. The van der Waals surface area contributed by atoms with Crippen LogP contribution in [0.25, 0.3) is 21.5 Å². The van der Waals surface area contributed by atoms with Crippen LogP contribution in [-0.4, -0.2) is 22.7 Å². The molecule has 0 aliphatic carbocycles. The minimum atomic E-state index is -0.964. The van der Waals surface area contributed by atoms with Gasteiger partial charge in [-0.2, -0.15) is 0 Å². The van der Waals surface area contributed by atoms with Gasteiger partial charge in [-0.15, -0.1) is 11.3 Å². The third kappa shape index (κ3) is 2.60. The van der Waals surface area contributed by atoms with Crippen LogP contribution in [0.2, 0.25) is 0 Å². The number of benzene rings is 1. The van der Waals surface area contributed by atoms with Gasteiger partial charge in [-0.1, -0.05) is 6.07 Å². The van der Waals surface area contributed by atoms with Crippen LogP contribution in [-0.2, 0) is 0 Å². The Morgan fingerprint density at radius 2 is 2.19 bits per heavy atom. The first-order valence-electron chi connectivity index (χ1n) is 6.54. The Balaban J connectivity index is 2.23. The molecule has 0 bridgehead atoms. The summed E-state index contributed by atoms with van der Waals surface area (Å²) in [5.74, 6) is -0.313. The SMILES string of the molecule is CCOc1ccc2nc(-c3cccs3)cc(C(=O)O)c2c1. The zero-order valence-corrected chi connectivity index (χ0v) is 12.2. The first-order valence-corrected chi connectivity index (χ1v) is 7.42. The Kier molecular flexibility index (Phi) is 3.58. The fourth-order valence-electron chi connectivity index (χ4n) is 2.19. The number of carbonyl (C=O) groups is 1. The Morgan fingerprint density at radius 3 is 2.86 bits per heavy atom. The average Bonchev–Trinajstić information content (AvgIpc) is 3.00. The standard InChI is InChI=1S/C16H13NO3S/c1-2-20-10-5-6-13-11(8-10)12(16(18)19)9-14(17-13)15-4-3-7-21-15/h3-9H,2H2,1H3,(H,18,19).